The zero-order valence-corrected chi connectivity index (χ0v) is 21.6. The molecule has 37 heavy (non-hydrogen) atoms. The summed E-state index contributed by atoms with van der Waals surface area (Å²) in [6, 6.07) is 28.9. The van der Waals surface area contributed by atoms with Crippen LogP contribution in [0.3, 0.4) is 0 Å². The highest BCUT2D eigenvalue weighted by Crippen LogP contribution is 2.32. The highest BCUT2D eigenvalue weighted by molar-refractivity contribution is 7.92. The van der Waals surface area contributed by atoms with Crippen LogP contribution in [0.4, 0.5) is 11.4 Å². The molecular weight excluding hydrogens is 512 g/mol. The number of carbonyl (C=O) groups is 1. The number of sulfonamides is 1. The molecule has 0 saturated heterocycles. The van der Waals surface area contributed by atoms with E-state index in [4.69, 9.17) is 21.1 Å². The van der Waals surface area contributed by atoms with Crippen LogP contribution in [0.25, 0.3) is 0 Å². The van der Waals surface area contributed by atoms with Crippen molar-refractivity contribution in [1.82, 2.24) is 0 Å². The minimum Gasteiger partial charge on any atom is -0.484 e. The lowest BCUT2D eigenvalue weighted by Crippen LogP contribution is -2.30. The molecule has 0 unspecified atom stereocenters. The summed E-state index contributed by atoms with van der Waals surface area (Å²) < 4.78 is 38.8. The molecule has 0 atom stereocenters. The molecule has 1 N–H and O–H groups in total. The normalized spacial score (nSPS) is 11.0. The van der Waals surface area contributed by atoms with E-state index in [2.05, 4.69) is 5.32 Å². The van der Waals surface area contributed by atoms with Crippen molar-refractivity contribution in [2.24, 2.45) is 0 Å². The van der Waals surface area contributed by atoms with E-state index < -0.39 is 15.9 Å². The molecule has 190 valence electrons. The molecular formula is C28H25ClN2O5S. The first-order chi connectivity index (χ1) is 17.9. The third-order valence-corrected chi connectivity index (χ3v) is 7.45. The number of hydrogen-bond acceptors (Lipinski definition) is 5. The minimum absolute atomic E-state index is 0.213. The zero-order valence-electron chi connectivity index (χ0n) is 20.0. The van der Waals surface area contributed by atoms with Gasteiger partial charge in [0.25, 0.3) is 15.9 Å². The van der Waals surface area contributed by atoms with Gasteiger partial charge in [0.2, 0.25) is 0 Å². The molecule has 1 amide bonds. The van der Waals surface area contributed by atoms with E-state index in [1.165, 1.54) is 4.31 Å². The Bertz CT molecular complexity index is 1450. The minimum atomic E-state index is -3.70. The lowest BCUT2D eigenvalue weighted by molar-refractivity contribution is -0.118. The van der Waals surface area contributed by atoms with Gasteiger partial charge in [0.1, 0.15) is 11.5 Å². The van der Waals surface area contributed by atoms with E-state index in [0.29, 0.717) is 33.6 Å². The Morgan fingerprint density at radius 3 is 2.16 bits per heavy atom. The molecule has 0 aromatic heterocycles. The fourth-order valence-electron chi connectivity index (χ4n) is 3.56. The molecule has 0 aliphatic rings. The Labute approximate surface area is 221 Å². The second kappa shape index (κ2) is 11.8. The number of nitrogens with one attached hydrogen (secondary N) is 1. The number of nitrogens with zero attached hydrogens (tertiary/aromatic N) is 1. The number of halogens is 1. The van der Waals surface area contributed by atoms with Gasteiger partial charge < -0.3 is 14.8 Å². The first-order valence-electron chi connectivity index (χ1n) is 11.5. The number of hydrogen-bond donors (Lipinski definition) is 1. The maximum Gasteiger partial charge on any atom is 0.264 e. The van der Waals surface area contributed by atoms with E-state index >= 15 is 0 Å². The number of para-hydroxylation sites is 1. The Kier molecular flexibility index (Phi) is 8.32. The van der Waals surface area contributed by atoms with Gasteiger partial charge in [0.15, 0.2) is 12.4 Å². The molecule has 0 fully saturated rings. The van der Waals surface area contributed by atoms with Gasteiger partial charge in [-0.3, -0.25) is 9.10 Å². The summed E-state index contributed by atoms with van der Waals surface area (Å²) >= 11 is 6.11. The Morgan fingerprint density at radius 2 is 1.51 bits per heavy atom. The molecule has 9 heteroatoms. The van der Waals surface area contributed by atoms with Crippen LogP contribution in [-0.4, -0.2) is 27.5 Å². The molecule has 0 bridgehead atoms. The largest absolute Gasteiger partial charge is 0.484 e. The van der Waals surface area contributed by atoms with Crippen molar-refractivity contribution in [2.75, 3.05) is 22.8 Å². The highest BCUT2D eigenvalue weighted by Gasteiger charge is 2.23. The van der Waals surface area contributed by atoms with Gasteiger partial charge in [-0.15, -0.1) is 0 Å². The molecule has 7 nitrogen and oxygen atoms in total. The van der Waals surface area contributed by atoms with E-state index in [-0.39, 0.29) is 18.0 Å². The second-order valence-electron chi connectivity index (χ2n) is 7.87. The van der Waals surface area contributed by atoms with Crippen LogP contribution in [-0.2, 0) is 14.8 Å². The third-order valence-electron chi connectivity index (χ3n) is 5.30. The molecule has 4 rings (SSSR count). The van der Waals surface area contributed by atoms with Crippen LogP contribution < -0.4 is 19.1 Å². The standard InChI is InChI=1S/C28H25ClN2O5S/c1-2-31(37(33,34)25-11-7-4-8-12-25)22-14-16-23(17-15-22)35-20-28(32)30-26-19-21(29)13-18-27(26)36-24-9-5-3-6-10-24/h3-19H,2,20H2,1H3,(H,30,32). The summed E-state index contributed by atoms with van der Waals surface area (Å²) in [6.45, 7) is 1.75. The number of benzene rings is 4. The number of amides is 1. The van der Waals surface area contributed by atoms with Crippen molar-refractivity contribution in [1.29, 1.82) is 0 Å². The molecule has 0 aliphatic carbocycles. The Morgan fingerprint density at radius 1 is 0.865 bits per heavy atom. The summed E-state index contributed by atoms with van der Waals surface area (Å²) in [6.07, 6.45) is 0. The molecule has 4 aromatic carbocycles. The molecule has 4 aromatic rings. The van der Waals surface area contributed by atoms with Crippen LogP contribution in [0.2, 0.25) is 5.02 Å². The van der Waals surface area contributed by atoms with E-state index in [1.54, 1.807) is 91.9 Å². The average molecular weight is 537 g/mol. The van der Waals surface area contributed by atoms with Crippen molar-refractivity contribution < 1.29 is 22.7 Å². The van der Waals surface area contributed by atoms with E-state index in [0.717, 1.165) is 0 Å². The van der Waals surface area contributed by atoms with Crippen LogP contribution in [0.15, 0.2) is 108 Å². The monoisotopic (exact) mass is 536 g/mol. The predicted octanol–water partition coefficient (Wildman–Crippen LogP) is 6.37. The first-order valence-corrected chi connectivity index (χ1v) is 13.3. The van der Waals surface area contributed by atoms with Gasteiger partial charge in [-0.1, -0.05) is 48.0 Å². The SMILES string of the molecule is CCN(c1ccc(OCC(=O)Nc2cc(Cl)ccc2Oc2ccccc2)cc1)S(=O)(=O)c1ccccc1. The molecule has 0 aliphatic heterocycles. The fourth-order valence-corrected chi connectivity index (χ4v) is 5.23. The van der Waals surface area contributed by atoms with Crippen molar-refractivity contribution in [3.63, 3.8) is 0 Å². The number of rotatable bonds is 10. The van der Waals surface area contributed by atoms with Crippen LogP contribution in [0, 0.1) is 0 Å². The summed E-state index contributed by atoms with van der Waals surface area (Å²) in [5, 5.41) is 3.20. The summed E-state index contributed by atoms with van der Waals surface area (Å²) in [4.78, 5) is 12.8. The number of ether oxygens (including phenoxy) is 2. The zero-order chi connectivity index (χ0) is 26.3. The quantitative estimate of drug-likeness (QED) is 0.255. The van der Waals surface area contributed by atoms with Crippen molar-refractivity contribution in [2.45, 2.75) is 11.8 Å². The summed E-state index contributed by atoms with van der Waals surface area (Å²) in [5.41, 5.74) is 0.898. The molecule has 0 saturated carbocycles. The topological polar surface area (TPSA) is 84.9 Å². The van der Waals surface area contributed by atoms with Gasteiger partial charge in [-0.05, 0) is 73.7 Å². The lowest BCUT2D eigenvalue weighted by Gasteiger charge is -2.23. The van der Waals surface area contributed by atoms with E-state index in [9.17, 15) is 13.2 Å². The first kappa shape index (κ1) is 26.1. The van der Waals surface area contributed by atoms with Crippen molar-refractivity contribution >= 4 is 38.9 Å². The highest BCUT2D eigenvalue weighted by atomic mass is 35.5. The Hall–Kier alpha value is -4.01. The third kappa shape index (κ3) is 6.61. The van der Waals surface area contributed by atoms with Crippen LogP contribution >= 0.6 is 11.6 Å². The van der Waals surface area contributed by atoms with Crippen LogP contribution in [0.1, 0.15) is 6.92 Å². The van der Waals surface area contributed by atoms with Crippen LogP contribution in [0.5, 0.6) is 17.2 Å². The molecule has 0 heterocycles. The summed E-state index contributed by atoms with van der Waals surface area (Å²) in [5.74, 6) is 1.06. The fraction of sp³-hybridized carbons (Fsp3) is 0.107. The van der Waals surface area contributed by atoms with Gasteiger partial charge in [0.05, 0.1) is 16.3 Å². The van der Waals surface area contributed by atoms with Crippen molar-refractivity contribution in [3.05, 3.63) is 108 Å². The smallest absolute Gasteiger partial charge is 0.264 e. The average Bonchev–Trinajstić information content (AvgIpc) is 2.91. The maximum atomic E-state index is 13.0. The van der Waals surface area contributed by atoms with Gasteiger partial charge in [-0.25, -0.2) is 8.42 Å². The molecule has 0 radical (unpaired) electrons. The van der Waals surface area contributed by atoms with Gasteiger partial charge in [0, 0.05) is 11.6 Å². The lowest BCUT2D eigenvalue weighted by atomic mass is 10.2. The van der Waals surface area contributed by atoms with Gasteiger partial charge in [-0.2, -0.15) is 0 Å². The maximum absolute atomic E-state index is 13.0. The second-order valence-corrected chi connectivity index (χ2v) is 10.2. The van der Waals surface area contributed by atoms with E-state index in [1.807, 2.05) is 18.2 Å². The predicted molar refractivity (Wildman–Crippen MR) is 145 cm³/mol. The number of carbonyl (C=O) groups excluding carboxylic acids is 1. The molecule has 0 spiro atoms. The van der Waals surface area contributed by atoms with Crippen molar-refractivity contribution in [3.8, 4) is 17.2 Å². The van der Waals surface area contributed by atoms with Gasteiger partial charge >= 0.3 is 0 Å². The summed E-state index contributed by atoms with van der Waals surface area (Å²) in [7, 11) is -3.70. The number of anilines is 2. The Balaban J connectivity index is 1.40.